The molecular formula is C13H17ClO3. The summed E-state index contributed by atoms with van der Waals surface area (Å²) in [6.45, 7) is 6.01. The third kappa shape index (κ3) is 3.45. The van der Waals surface area contributed by atoms with Crippen LogP contribution in [0.2, 0.25) is 0 Å². The van der Waals surface area contributed by atoms with Gasteiger partial charge in [-0.3, -0.25) is 0 Å². The van der Waals surface area contributed by atoms with Crippen molar-refractivity contribution in [2.24, 2.45) is 0 Å². The summed E-state index contributed by atoms with van der Waals surface area (Å²) in [5.74, 6) is -0.696. The van der Waals surface area contributed by atoms with Crippen LogP contribution in [0.3, 0.4) is 0 Å². The van der Waals surface area contributed by atoms with Crippen molar-refractivity contribution in [3.05, 3.63) is 34.4 Å². The highest BCUT2D eigenvalue weighted by Gasteiger charge is 2.24. The van der Waals surface area contributed by atoms with Gasteiger partial charge in [-0.2, -0.15) is 0 Å². The average Bonchev–Trinajstić information content (AvgIpc) is 2.20. The Morgan fingerprint density at radius 3 is 2.29 bits per heavy atom. The number of carbonyl (C=O) groups is 1. The van der Waals surface area contributed by atoms with E-state index in [2.05, 4.69) is 0 Å². The number of ether oxygens (including phenoxy) is 1. The molecule has 0 aliphatic carbocycles. The number of aliphatic carboxylic acids is 1. The van der Waals surface area contributed by atoms with Crippen molar-refractivity contribution < 1.29 is 14.6 Å². The summed E-state index contributed by atoms with van der Waals surface area (Å²) in [5, 5.41) is 9.20. The molecule has 0 amide bonds. The Bertz CT molecular complexity index is 392. The van der Waals surface area contributed by atoms with E-state index in [0.717, 1.165) is 22.3 Å². The first-order chi connectivity index (χ1) is 7.97. The molecule has 17 heavy (non-hydrogen) atoms. The van der Waals surface area contributed by atoms with Gasteiger partial charge in [0.25, 0.3) is 0 Å². The van der Waals surface area contributed by atoms with E-state index in [0.29, 0.717) is 0 Å². The van der Waals surface area contributed by atoms with Gasteiger partial charge < -0.3 is 9.84 Å². The maximum Gasteiger partial charge on any atom is 0.337 e. The van der Waals surface area contributed by atoms with Crippen molar-refractivity contribution in [1.29, 1.82) is 0 Å². The van der Waals surface area contributed by atoms with Crippen LogP contribution in [0.4, 0.5) is 0 Å². The number of hydrogen-bond donors (Lipinski definition) is 1. The highest BCUT2D eigenvalue weighted by atomic mass is 35.5. The second kappa shape index (κ2) is 6.03. The number of alkyl halides is 1. The molecule has 1 aromatic rings. The van der Waals surface area contributed by atoms with Crippen molar-refractivity contribution >= 4 is 17.6 Å². The summed E-state index contributed by atoms with van der Waals surface area (Å²) in [6.07, 6.45) is -0.936. The molecule has 3 nitrogen and oxygen atoms in total. The van der Waals surface area contributed by atoms with Crippen molar-refractivity contribution in [2.45, 2.75) is 26.9 Å². The Kier molecular flexibility index (Phi) is 4.97. The largest absolute Gasteiger partial charge is 0.479 e. The molecule has 1 aromatic carbocycles. The Labute approximate surface area is 106 Å². The molecule has 0 bridgehead atoms. The highest BCUT2D eigenvalue weighted by molar-refractivity contribution is 6.17. The van der Waals surface area contributed by atoms with Gasteiger partial charge in [-0.25, -0.2) is 4.79 Å². The van der Waals surface area contributed by atoms with E-state index >= 15 is 0 Å². The standard InChI is InChI=1S/C13H17ClO3/c1-8-6-9(2)11(10(3)7-8)12(13(15)16)17-5-4-14/h6-7,12H,4-5H2,1-3H3,(H,15,16). The number of hydrogen-bond acceptors (Lipinski definition) is 2. The Morgan fingerprint density at radius 2 is 1.88 bits per heavy atom. The summed E-state index contributed by atoms with van der Waals surface area (Å²) in [6, 6.07) is 3.92. The number of carboxylic acid groups (broad SMARTS) is 1. The van der Waals surface area contributed by atoms with E-state index in [9.17, 15) is 9.90 Å². The Morgan fingerprint density at radius 1 is 1.35 bits per heavy atom. The average molecular weight is 257 g/mol. The molecule has 1 unspecified atom stereocenters. The van der Waals surface area contributed by atoms with Gasteiger partial charge >= 0.3 is 5.97 Å². The zero-order chi connectivity index (χ0) is 13.0. The quantitative estimate of drug-likeness (QED) is 0.824. The minimum Gasteiger partial charge on any atom is -0.479 e. The molecule has 0 radical (unpaired) electrons. The second-order valence-electron chi connectivity index (χ2n) is 4.09. The van der Waals surface area contributed by atoms with E-state index in [-0.39, 0.29) is 12.5 Å². The van der Waals surface area contributed by atoms with Crippen LogP contribution in [0.1, 0.15) is 28.4 Å². The second-order valence-corrected chi connectivity index (χ2v) is 4.47. The predicted octanol–water partition coefficient (Wildman–Crippen LogP) is 2.99. The maximum absolute atomic E-state index is 11.2. The van der Waals surface area contributed by atoms with Crippen molar-refractivity contribution in [2.75, 3.05) is 12.5 Å². The lowest BCUT2D eigenvalue weighted by Crippen LogP contribution is -2.19. The third-order valence-corrected chi connectivity index (χ3v) is 2.74. The monoisotopic (exact) mass is 256 g/mol. The van der Waals surface area contributed by atoms with E-state index in [1.165, 1.54) is 0 Å². The van der Waals surface area contributed by atoms with Gasteiger partial charge in [-0.1, -0.05) is 17.7 Å². The van der Waals surface area contributed by atoms with E-state index < -0.39 is 12.1 Å². The molecule has 0 saturated heterocycles. The fraction of sp³-hybridized carbons (Fsp3) is 0.462. The van der Waals surface area contributed by atoms with Crippen LogP contribution >= 0.6 is 11.6 Å². The number of aryl methyl sites for hydroxylation is 3. The topological polar surface area (TPSA) is 46.5 Å². The molecule has 0 saturated carbocycles. The Balaban J connectivity index is 3.14. The van der Waals surface area contributed by atoms with Crippen LogP contribution in [0.15, 0.2) is 12.1 Å². The van der Waals surface area contributed by atoms with E-state index in [1.807, 2.05) is 32.9 Å². The molecular weight excluding hydrogens is 240 g/mol. The molecule has 1 atom stereocenters. The zero-order valence-corrected chi connectivity index (χ0v) is 11.0. The molecule has 0 aliphatic rings. The first-order valence-corrected chi connectivity index (χ1v) is 5.99. The lowest BCUT2D eigenvalue weighted by Gasteiger charge is -2.18. The smallest absolute Gasteiger partial charge is 0.337 e. The molecule has 0 aromatic heterocycles. The number of rotatable bonds is 5. The summed E-state index contributed by atoms with van der Waals surface area (Å²) in [4.78, 5) is 11.2. The van der Waals surface area contributed by atoms with Gasteiger partial charge in [-0.15, -0.1) is 11.6 Å². The molecule has 0 aliphatic heterocycles. The first kappa shape index (κ1) is 14.0. The predicted molar refractivity (Wildman–Crippen MR) is 67.7 cm³/mol. The molecule has 0 fully saturated rings. The number of halogens is 1. The molecule has 0 heterocycles. The fourth-order valence-corrected chi connectivity index (χ4v) is 2.13. The van der Waals surface area contributed by atoms with Crippen molar-refractivity contribution in [3.63, 3.8) is 0 Å². The van der Waals surface area contributed by atoms with Crippen molar-refractivity contribution in [1.82, 2.24) is 0 Å². The van der Waals surface area contributed by atoms with E-state index in [1.54, 1.807) is 0 Å². The van der Waals surface area contributed by atoms with Gasteiger partial charge in [0.2, 0.25) is 0 Å². The lowest BCUT2D eigenvalue weighted by molar-refractivity contribution is -0.150. The van der Waals surface area contributed by atoms with Gasteiger partial charge in [0.05, 0.1) is 6.61 Å². The van der Waals surface area contributed by atoms with Crippen LogP contribution in [-0.4, -0.2) is 23.6 Å². The van der Waals surface area contributed by atoms with E-state index in [4.69, 9.17) is 16.3 Å². The van der Waals surface area contributed by atoms with Crippen LogP contribution < -0.4 is 0 Å². The first-order valence-electron chi connectivity index (χ1n) is 5.45. The summed E-state index contributed by atoms with van der Waals surface area (Å²) in [7, 11) is 0. The highest BCUT2D eigenvalue weighted by Crippen LogP contribution is 2.26. The number of benzene rings is 1. The minimum atomic E-state index is -0.981. The summed E-state index contributed by atoms with van der Waals surface area (Å²) in [5.41, 5.74) is 3.72. The van der Waals surface area contributed by atoms with Gasteiger partial charge in [0.15, 0.2) is 6.10 Å². The SMILES string of the molecule is Cc1cc(C)c(C(OCCCl)C(=O)O)c(C)c1. The Hall–Kier alpha value is -1.06. The number of carboxylic acids is 1. The molecule has 1 rings (SSSR count). The normalized spacial score (nSPS) is 12.5. The third-order valence-electron chi connectivity index (χ3n) is 2.59. The molecule has 94 valence electrons. The molecule has 1 N–H and O–H groups in total. The van der Waals surface area contributed by atoms with Crippen LogP contribution in [-0.2, 0) is 9.53 Å². The summed E-state index contributed by atoms with van der Waals surface area (Å²) >= 11 is 5.52. The van der Waals surface area contributed by atoms with Gasteiger partial charge in [-0.05, 0) is 37.5 Å². The van der Waals surface area contributed by atoms with Crippen molar-refractivity contribution in [3.8, 4) is 0 Å². The maximum atomic E-state index is 11.2. The minimum absolute atomic E-state index is 0.227. The zero-order valence-electron chi connectivity index (χ0n) is 10.3. The van der Waals surface area contributed by atoms with Crippen LogP contribution in [0.5, 0.6) is 0 Å². The van der Waals surface area contributed by atoms with Crippen LogP contribution in [0.25, 0.3) is 0 Å². The molecule has 4 heteroatoms. The fourth-order valence-electron chi connectivity index (χ4n) is 2.05. The lowest BCUT2D eigenvalue weighted by atomic mass is 9.95. The van der Waals surface area contributed by atoms with Gasteiger partial charge in [0, 0.05) is 5.88 Å². The molecule has 0 spiro atoms. The van der Waals surface area contributed by atoms with Gasteiger partial charge in [0.1, 0.15) is 0 Å². The summed E-state index contributed by atoms with van der Waals surface area (Å²) < 4.78 is 5.31. The van der Waals surface area contributed by atoms with Crippen LogP contribution in [0, 0.1) is 20.8 Å².